The fourth-order valence-electron chi connectivity index (χ4n) is 4.09. The highest BCUT2D eigenvalue weighted by molar-refractivity contribution is 7.47. The van der Waals surface area contributed by atoms with Crippen molar-refractivity contribution in [3.63, 3.8) is 0 Å². The molecule has 0 heterocycles. The van der Waals surface area contributed by atoms with Crippen molar-refractivity contribution in [2.24, 2.45) is 5.73 Å². The van der Waals surface area contributed by atoms with Crippen LogP contribution in [0.2, 0.25) is 0 Å². The largest absolute Gasteiger partial charge is 0.480 e. The van der Waals surface area contributed by atoms with Crippen molar-refractivity contribution >= 4 is 25.7 Å². The van der Waals surface area contributed by atoms with Gasteiger partial charge in [0.15, 0.2) is 6.10 Å². The molecule has 47 heavy (non-hydrogen) atoms. The molecule has 270 valence electrons. The Morgan fingerprint density at radius 1 is 0.681 bits per heavy atom. The molecule has 0 rings (SSSR count). The average Bonchev–Trinajstić information content (AvgIpc) is 3.04. The SMILES string of the molecule is CC/C=C\C/C=C\C/C=C\C/C=C\CCCCCCCCCCC(=O)OC(COC(=O)CCCC)COP(=O)(O)OCC(N)C(=O)O. The predicted octanol–water partition coefficient (Wildman–Crippen LogP) is 7.88. The maximum absolute atomic E-state index is 12.4. The van der Waals surface area contributed by atoms with Crippen molar-refractivity contribution in [2.45, 2.75) is 135 Å². The average molecular weight is 686 g/mol. The number of hydrogen-bond donors (Lipinski definition) is 3. The number of phosphoric ester groups is 1. The highest BCUT2D eigenvalue weighted by Crippen LogP contribution is 2.43. The number of unbranched alkanes of at least 4 members (excludes halogenated alkanes) is 9. The third-order valence-corrected chi connectivity index (χ3v) is 7.79. The molecule has 3 unspecified atom stereocenters. The molecule has 12 heteroatoms. The number of carboxylic acid groups (broad SMARTS) is 1. The Morgan fingerprint density at radius 3 is 1.77 bits per heavy atom. The van der Waals surface area contributed by atoms with Crippen LogP contribution in [-0.2, 0) is 37.5 Å². The quantitative estimate of drug-likeness (QED) is 0.0280. The summed E-state index contributed by atoms with van der Waals surface area (Å²) in [6, 6.07) is -1.52. The number of ether oxygens (including phenoxy) is 2. The van der Waals surface area contributed by atoms with Gasteiger partial charge in [0.2, 0.25) is 0 Å². The van der Waals surface area contributed by atoms with Crippen molar-refractivity contribution in [3.8, 4) is 0 Å². The third-order valence-electron chi connectivity index (χ3n) is 6.84. The first-order chi connectivity index (χ1) is 22.6. The molecule has 0 spiro atoms. The van der Waals surface area contributed by atoms with E-state index in [0.29, 0.717) is 12.8 Å². The van der Waals surface area contributed by atoms with E-state index in [0.717, 1.165) is 64.2 Å². The predicted molar refractivity (Wildman–Crippen MR) is 185 cm³/mol. The van der Waals surface area contributed by atoms with Gasteiger partial charge in [0.1, 0.15) is 12.6 Å². The molecule has 0 amide bonds. The van der Waals surface area contributed by atoms with Gasteiger partial charge in [0.05, 0.1) is 13.2 Å². The van der Waals surface area contributed by atoms with E-state index in [-0.39, 0.29) is 19.4 Å². The number of esters is 2. The molecule has 0 saturated heterocycles. The maximum Gasteiger partial charge on any atom is 0.472 e. The topological polar surface area (TPSA) is 172 Å². The number of carbonyl (C=O) groups is 3. The van der Waals surface area contributed by atoms with Gasteiger partial charge >= 0.3 is 25.7 Å². The molecule has 0 aliphatic rings. The van der Waals surface area contributed by atoms with Gasteiger partial charge in [0.25, 0.3) is 0 Å². The van der Waals surface area contributed by atoms with Gasteiger partial charge in [0, 0.05) is 12.8 Å². The second-order valence-corrected chi connectivity index (χ2v) is 12.7. The van der Waals surface area contributed by atoms with E-state index in [4.69, 9.17) is 24.8 Å². The summed E-state index contributed by atoms with van der Waals surface area (Å²) in [4.78, 5) is 44.9. The van der Waals surface area contributed by atoms with E-state index < -0.39 is 51.1 Å². The van der Waals surface area contributed by atoms with Crippen LogP contribution in [0.5, 0.6) is 0 Å². The zero-order chi connectivity index (χ0) is 35.0. The zero-order valence-corrected chi connectivity index (χ0v) is 29.5. The Labute approximate surface area is 282 Å². The fourth-order valence-corrected chi connectivity index (χ4v) is 4.87. The summed E-state index contributed by atoms with van der Waals surface area (Å²) in [5.41, 5.74) is 5.27. The number of allylic oxidation sites excluding steroid dienone is 8. The lowest BCUT2D eigenvalue weighted by molar-refractivity contribution is -0.161. The van der Waals surface area contributed by atoms with Crippen LogP contribution in [0.15, 0.2) is 48.6 Å². The Bertz CT molecular complexity index is 995. The number of hydrogen-bond acceptors (Lipinski definition) is 9. The maximum atomic E-state index is 12.4. The van der Waals surface area contributed by atoms with Crippen LogP contribution in [0.4, 0.5) is 0 Å². The van der Waals surface area contributed by atoms with Gasteiger partial charge in [-0.05, 0) is 51.4 Å². The zero-order valence-electron chi connectivity index (χ0n) is 28.6. The smallest absolute Gasteiger partial charge is 0.472 e. The molecule has 0 aromatic carbocycles. The number of rotatable bonds is 31. The molecule has 0 saturated carbocycles. The van der Waals surface area contributed by atoms with Crippen LogP contribution in [-0.4, -0.2) is 59.9 Å². The second kappa shape index (κ2) is 30.8. The lowest BCUT2D eigenvalue weighted by atomic mass is 10.1. The van der Waals surface area contributed by atoms with E-state index in [1.54, 1.807) is 0 Å². The van der Waals surface area contributed by atoms with Gasteiger partial charge in [-0.2, -0.15) is 0 Å². The van der Waals surface area contributed by atoms with E-state index in [2.05, 4.69) is 60.1 Å². The summed E-state index contributed by atoms with van der Waals surface area (Å²) in [7, 11) is -4.69. The molecule has 11 nitrogen and oxygen atoms in total. The number of carboxylic acids is 1. The first-order valence-electron chi connectivity index (χ1n) is 17.2. The first kappa shape index (κ1) is 44.4. The van der Waals surface area contributed by atoms with Crippen molar-refractivity contribution < 1.29 is 47.5 Å². The molecule has 4 N–H and O–H groups in total. The third kappa shape index (κ3) is 30.5. The minimum absolute atomic E-state index is 0.149. The van der Waals surface area contributed by atoms with Gasteiger partial charge in [-0.25, -0.2) is 4.57 Å². The van der Waals surface area contributed by atoms with Crippen LogP contribution in [0.25, 0.3) is 0 Å². The summed E-state index contributed by atoms with van der Waals surface area (Å²) in [6.45, 7) is 2.36. The molecule has 0 bridgehead atoms. The van der Waals surface area contributed by atoms with Crippen molar-refractivity contribution in [1.29, 1.82) is 0 Å². The molecule has 0 fully saturated rings. The number of phosphoric acid groups is 1. The Balaban J connectivity index is 4.15. The van der Waals surface area contributed by atoms with Gasteiger partial charge < -0.3 is 25.2 Å². The monoisotopic (exact) mass is 685 g/mol. The number of nitrogens with two attached hydrogens (primary N) is 1. The van der Waals surface area contributed by atoms with E-state index in [1.807, 2.05) is 6.92 Å². The van der Waals surface area contributed by atoms with Crippen molar-refractivity contribution in [2.75, 3.05) is 19.8 Å². The van der Waals surface area contributed by atoms with Crippen molar-refractivity contribution in [3.05, 3.63) is 48.6 Å². The molecular weight excluding hydrogens is 625 g/mol. The van der Waals surface area contributed by atoms with Crippen LogP contribution in [0.3, 0.4) is 0 Å². The molecule has 0 aromatic heterocycles. The summed E-state index contributed by atoms with van der Waals surface area (Å²) in [5.74, 6) is -2.44. The lowest BCUT2D eigenvalue weighted by Gasteiger charge is -2.20. The standard InChI is InChI=1S/C35H60NO10P/c1-3-5-7-8-9-10-11-12-13-14-15-16-17-18-19-20-21-22-23-24-25-27-34(38)46-31(28-43-33(37)26-6-4-2)29-44-47(41,42)45-30-32(36)35(39)40/h5,7,9-10,12-13,15-16,31-32H,3-4,6,8,11,14,17-30,36H2,1-2H3,(H,39,40)(H,41,42)/b7-5-,10-9-,13-12-,16-15-. The van der Waals surface area contributed by atoms with Gasteiger partial charge in [-0.1, -0.05) is 107 Å². The van der Waals surface area contributed by atoms with Crippen LogP contribution < -0.4 is 5.73 Å². The van der Waals surface area contributed by atoms with Crippen LogP contribution >= 0.6 is 7.82 Å². The molecule has 0 aliphatic carbocycles. The number of aliphatic carboxylic acids is 1. The normalized spacial score (nSPS) is 14.6. The van der Waals surface area contributed by atoms with Gasteiger partial charge in [-0.15, -0.1) is 0 Å². The Morgan fingerprint density at radius 2 is 1.19 bits per heavy atom. The first-order valence-corrected chi connectivity index (χ1v) is 18.7. The molecule has 0 aromatic rings. The minimum Gasteiger partial charge on any atom is -0.480 e. The Kier molecular flexibility index (Phi) is 29.1. The fraction of sp³-hybridized carbons (Fsp3) is 0.686. The van der Waals surface area contributed by atoms with Crippen LogP contribution in [0, 0.1) is 0 Å². The number of carbonyl (C=O) groups excluding carboxylic acids is 2. The van der Waals surface area contributed by atoms with E-state index in [1.165, 1.54) is 19.3 Å². The second-order valence-electron chi connectivity index (χ2n) is 11.3. The molecule has 0 aliphatic heterocycles. The Hall–Kier alpha value is -2.56. The van der Waals surface area contributed by atoms with Gasteiger partial charge in [-0.3, -0.25) is 23.4 Å². The highest BCUT2D eigenvalue weighted by atomic mass is 31.2. The van der Waals surface area contributed by atoms with E-state index in [9.17, 15) is 23.8 Å². The summed E-state index contributed by atoms with van der Waals surface area (Å²) < 4.78 is 32.0. The molecule has 3 atom stereocenters. The lowest BCUT2D eigenvalue weighted by Crippen LogP contribution is -2.34. The minimum atomic E-state index is -4.69. The molecular formula is C35H60NO10P. The van der Waals surface area contributed by atoms with Crippen molar-refractivity contribution in [1.82, 2.24) is 0 Å². The summed E-state index contributed by atoms with van der Waals surface area (Å²) in [5, 5.41) is 8.78. The summed E-state index contributed by atoms with van der Waals surface area (Å²) in [6.07, 6.45) is 31.8. The molecule has 0 radical (unpaired) electrons. The van der Waals surface area contributed by atoms with Crippen LogP contribution in [0.1, 0.15) is 123 Å². The van der Waals surface area contributed by atoms with E-state index >= 15 is 0 Å². The highest BCUT2D eigenvalue weighted by Gasteiger charge is 2.28. The summed E-state index contributed by atoms with van der Waals surface area (Å²) >= 11 is 0.